The summed E-state index contributed by atoms with van der Waals surface area (Å²) in [7, 11) is 3.98. The molecule has 0 spiro atoms. The minimum atomic E-state index is 0.100. The molecule has 4 heteroatoms. The third kappa shape index (κ3) is 5.45. The lowest BCUT2D eigenvalue weighted by molar-refractivity contribution is -0.121. The highest BCUT2D eigenvalue weighted by Crippen LogP contribution is 2.16. The van der Waals surface area contributed by atoms with Crippen LogP contribution in [-0.2, 0) is 4.79 Å². The second kappa shape index (κ2) is 7.01. The normalized spacial score (nSPS) is 12.5. The van der Waals surface area contributed by atoms with Crippen LogP contribution in [0.3, 0.4) is 0 Å². The molecule has 1 unspecified atom stereocenters. The molecule has 0 aliphatic rings. The molecule has 94 valence electrons. The third-order valence-electron chi connectivity index (χ3n) is 2.63. The Kier molecular flexibility index (Phi) is 5.63. The number of carbonyl (C=O) groups excluding carboxylic acids is 1. The van der Waals surface area contributed by atoms with E-state index in [4.69, 9.17) is 0 Å². The van der Waals surface area contributed by atoms with Crippen molar-refractivity contribution in [2.75, 3.05) is 27.2 Å². The average molecular weight is 235 g/mol. The van der Waals surface area contributed by atoms with Crippen LogP contribution in [0.2, 0.25) is 0 Å². The number of likely N-dealkylation sites (N-methyl/N-ethyl adjacent to an activating group) is 1. The maximum absolute atomic E-state index is 11.7. The lowest BCUT2D eigenvalue weighted by atomic mass is 9.99. The van der Waals surface area contributed by atoms with E-state index in [0.717, 1.165) is 12.1 Å². The van der Waals surface area contributed by atoms with Gasteiger partial charge < -0.3 is 10.2 Å². The van der Waals surface area contributed by atoms with Crippen molar-refractivity contribution >= 4 is 5.91 Å². The standard InChI is InChI=1S/C13H21N3O/c1-11(12-5-4-6-14-10-12)9-13(17)15-7-8-16(2)3/h4-6,10-11H,7-9H2,1-3H3,(H,15,17). The Bertz CT molecular complexity index is 338. The van der Waals surface area contributed by atoms with Gasteiger partial charge in [0.15, 0.2) is 0 Å². The Morgan fingerprint density at radius 2 is 2.29 bits per heavy atom. The van der Waals surface area contributed by atoms with Crippen LogP contribution in [0.25, 0.3) is 0 Å². The molecule has 1 rings (SSSR count). The number of hydrogen-bond acceptors (Lipinski definition) is 3. The molecule has 1 heterocycles. The molecule has 0 aromatic carbocycles. The van der Waals surface area contributed by atoms with Crippen molar-refractivity contribution in [3.05, 3.63) is 30.1 Å². The predicted octanol–water partition coefficient (Wildman–Crippen LogP) is 1.25. The van der Waals surface area contributed by atoms with Gasteiger partial charge in [0.25, 0.3) is 0 Å². The van der Waals surface area contributed by atoms with Gasteiger partial charge in [0, 0.05) is 31.9 Å². The number of carbonyl (C=O) groups is 1. The van der Waals surface area contributed by atoms with Crippen LogP contribution in [0.1, 0.15) is 24.8 Å². The fourth-order valence-electron chi connectivity index (χ4n) is 1.55. The zero-order valence-electron chi connectivity index (χ0n) is 10.8. The molecule has 0 aliphatic heterocycles. The summed E-state index contributed by atoms with van der Waals surface area (Å²) in [6.45, 7) is 3.61. The Morgan fingerprint density at radius 1 is 1.53 bits per heavy atom. The third-order valence-corrected chi connectivity index (χ3v) is 2.63. The van der Waals surface area contributed by atoms with Gasteiger partial charge >= 0.3 is 0 Å². The number of pyridine rings is 1. The minimum absolute atomic E-state index is 0.100. The highest BCUT2D eigenvalue weighted by molar-refractivity contribution is 5.76. The average Bonchev–Trinajstić information content (AvgIpc) is 2.29. The minimum Gasteiger partial charge on any atom is -0.355 e. The second-order valence-corrected chi connectivity index (χ2v) is 4.54. The zero-order valence-corrected chi connectivity index (χ0v) is 10.8. The van der Waals surface area contributed by atoms with Gasteiger partial charge in [-0.05, 0) is 31.6 Å². The highest BCUT2D eigenvalue weighted by atomic mass is 16.1. The summed E-state index contributed by atoms with van der Waals surface area (Å²) < 4.78 is 0. The molecule has 0 saturated heterocycles. The summed E-state index contributed by atoms with van der Waals surface area (Å²) in [6, 6.07) is 3.90. The molecule has 1 amide bonds. The van der Waals surface area contributed by atoms with E-state index in [-0.39, 0.29) is 11.8 Å². The lowest BCUT2D eigenvalue weighted by Gasteiger charge is -2.13. The summed E-state index contributed by atoms with van der Waals surface area (Å²) in [6.07, 6.45) is 4.07. The molecule has 17 heavy (non-hydrogen) atoms. The van der Waals surface area contributed by atoms with Gasteiger partial charge in [-0.1, -0.05) is 13.0 Å². The molecular weight excluding hydrogens is 214 g/mol. The Balaban J connectivity index is 2.31. The van der Waals surface area contributed by atoms with Crippen molar-refractivity contribution in [3.8, 4) is 0 Å². The van der Waals surface area contributed by atoms with E-state index >= 15 is 0 Å². The zero-order chi connectivity index (χ0) is 12.7. The van der Waals surface area contributed by atoms with Crippen molar-refractivity contribution in [1.82, 2.24) is 15.2 Å². The number of amides is 1. The van der Waals surface area contributed by atoms with Crippen LogP contribution in [0.15, 0.2) is 24.5 Å². The van der Waals surface area contributed by atoms with Crippen LogP contribution in [0, 0.1) is 0 Å². The van der Waals surface area contributed by atoms with E-state index in [2.05, 4.69) is 10.3 Å². The van der Waals surface area contributed by atoms with Crippen LogP contribution in [-0.4, -0.2) is 43.0 Å². The molecule has 0 fully saturated rings. The first-order valence-corrected chi connectivity index (χ1v) is 5.91. The van der Waals surface area contributed by atoms with E-state index in [9.17, 15) is 4.79 Å². The predicted molar refractivity (Wildman–Crippen MR) is 68.8 cm³/mol. The fraction of sp³-hybridized carbons (Fsp3) is 0.538. The summed E-state index contributed by atoms with van der Waals surface area (Å²) >= 11 is 0. The Morgan fingerprint density at radius 3 is 2.88 bits per heavy atom. The largest absolute Gasteiger partial charge is 0.355 e. The Labute approximate surface area is 103 Å². The first-order chi connectivity index (χ1) is 8.09. The van der Waals surface area contributed by atoms with E-state index in [0.29, 0.717) is 13.0 Å². The van der Waals surface area contributed by atoms with Crippen LogP contribution in [0.5, 0.6) is 0 Å². The fourth-order valence-corrected chi connectivity index (χ4v) is 1.55. The van der Waals surface area contributed by atoms with Crippen LogP contribution in [0.4, 0.5) is 0 Å². The van der Waals surface area contributed by atoms with Gasteiger partial charge in [0.1, 0.15) is 0 Å². The maximum Gasteiger partial charge on any atom is 0.220 e. The van der Waals surface area contributed by atoms with E-state index < -0.39 is 0 Å². The molecule has 1 N–H and O–H groups in total. The number of nitrogens with one attached hydrogen (secondary N) is 1. The van der Waals surface area contributed by atoms with Crippen LogP contribution >= 0.6 is 0 Å². The van der Waals surface area contributed by atoms with Gasteiger partial charge in [-0.15, -0.1) is 0 Å². The first-order valence-electron chi connectivity index (χ1n) is 5.91. The van der Waals surface area contributed by atoms with Gasteiger partial charge in [0.05, 0.1) is 0 Å². The van der Waals surface area contributed by atoms with Gasteiger partial charge in [-0.25, -0.2) is 0 Å². The molecule has 1 aromatic rings. The monoisotopic (exact) mass is 235 g/mol. The van der Waals surface area contributed by atoms with E-state index in [1.54, 1.807) is 6.20 Å². The van der Waals surface area contributed by atoms with Crippen molar-refractivity contribution < 1.29 is 4.79 Å². The van der Waals surface area contributed by atoms with E-state index in [1.807, 2.05) is 44.2 Å². The van der Waals surface area contributed by atoms with E-state index in [1.165, 1.54) is 0 Å². The highest BCUT2D eigenvalue weighted by Gasteiger charge is 2.10. The summed E-state index contributed by atoms with van der Waals surface area (Å²) in [5.41, 5.74) is 1.11. The SMILES string of the molecule is CC(CC(=O)NCCN(C)C)c1cccnc1. The maximum atomic E-state index is 11.7. The molecule has 0 aliphatic carbocycles. The van der Waals surface area contributed by atoms with Crippen molar-refractivity contribution in [2.45, 2.75) is 19.3 Å². The van der Waals surface area contributed by atoms with Crippen molar-refractivity contribution in [2.24, 2.45) is 0 Å². The summed E-state index contributed by atoms with van der Waals surface area (Å²) in [4.78, 5) is 17.8. The van der Waals surface area contributed by atoms with Crippen molar-refractivity contribution in [3.63, 3.8) is 0 Å². The summed E-state index contributed by atoms with van der Waals surface area (Å²) in [5, 5.41) is 2.91. The molecule has 0 bridgehead atoms. The molecule has 1 aromatic heterocycles. The molecule has 0 radical (unpaired) electrons. The number of hydrogen-bond donors (Lipinski definition) is 1. The van der Waals surface area contributed by atoms with Gasteiger partial charge in [-0.3, -0.25) is 9.78 Å². The number of rotatable bonds is 6. The van der Waals surface area contributed by atoms with Crippen LogP contribution < -0.4 is 5.32 Å². The molecular formula is C13H21N3O. The molecule has 0 saturated carbocycles. The van der Waals surface area contributed by atoms with Gasteiger partial charge in [0.2, 0.25) is 5.91 Å². The smallest absolute Gasteiger partial charge is 0.220 e. The number of nitrogens with zero attached hydrogens (tertiary/aromatic N) is 2. The number of aromatic nitrogens is 1. The quantitative estimate of drug-likeness (QED) is 0.807. The topological polar surface area (TPSA) is 45.2 Å². The van der Waals surface area contributed by atoms with Crippen molar-refractivity contribution in [1.29, 1.82) is 0 Å². The second-order valence-electron chi connectivity index (χ2n) is 4.54. The lowest BCUT2D eigenvalue weighted by Crippen LogP contribution is -2.31. The molecule has 4 nitrogen and oxygen atoms in total. The Hall–Kier alpha value is -1.42. The molecule has 1 atom stereocenters. The first kappa shape index (κ1) is 13.6. The van der Waals surface area contributed by atoms with Gasteiger partial charge in [-0.2, -0.15) is 0 Å². The summed E-state index contributed by atoms with van der Waals surface area (Å²) in [5.74, 6) is 0.311.